The molecule has 1 aliphatic heterocycles. The molecule has 0 fully saturated rings. The zero-order valence-corrected chi connectivity index (χ0v) is 26.4. The summed E-state index contributed by atoms with van der Waals surface area (Å²) in [5, 5.41) is 14.3. The monoisotopic (exact) mass is 670 g/mol. The number of aliphatic hydroxyl groups excluding tert-OH is 1. The summed E-state index contributed by atoms with van der Waals surface area (Å²) in [6.45, 7) is 2.59. The van der Waals surface area contributed by atoms with Crippen LogP contribution in [-0.4, -0.2) is 47.6 Å². The third-order valence-electron chi connectivity index (χ3n) is 7.66. The van der Waals surface area contributed by atoms with Crippen molar-refractivity contribution in [1.29, 1.82) is 0 Å². The zero-order valence-electron chi connectivity index (χ0n) is 25.5. The van der Waals surface area contributed by atoms with Crippen LogP contribution in [0.3, 0.4) is 0 Å². The summed E-state index contributed by atoms with van der Waals surface area (Å²) in [6.07, 6.45) is -3.32. The maximum Gasteiger partial charge on any atom is 0.586 e. The number of halogens is 3. The third-order valence-corrected chi connectivity index (χ3v) is 8.82. The molecule has 6 rings (SSSR count). The fourth-order valence-electron chi connectivity index (χ4n) is 5.47. The summed E-state index contributed by atoms with van der Waals surface area (Å²) in [5.74, 6) is -0.743. The molecule has 246 valence electrons. The van der Waals surface area contributed by atoms with Gasteiger partial charge in [0.1, 0.15) is 17.6 Å². The van der Waals surface area contributed by atoms with Gasteiger partial charge in [0.05, 0.1) is 29.6 Å². The van der Waals surface area contributed by atoms with E-state index in [1.54, 1.807) is 43.8 Å². The molecule has 0 saturated carbocycles. The van der Waals surface area contributed by atoms with Crippen LogP contribution in [0.2, 0.25) is 0 Å². The van der Waals surface area contributed by atoms with Crippen molar-refractivity contribution in [3.05, 3.63) is 77.6 Å². The van der Waals surface area contributed by atoms with Crippen molar-refractivity contribution in [3.8, 4) is 56.5 Å². The van der Waals surface area contributed by atoms with E-state index < -0.39 is 34.7 Å². The first-order valence-corrected chi connectivity index (χ1v) is 16.1. The number of fused-ring (bicyclic) bond motifs is 1. The number of alkyl halides is 2. The van der Waals surface area contributed by atoms with Crippen LogP contribution in [0.1, 0.15) is 30.2 Å². The van der Waals surface area contributed by atoms with Crippen LogP contribution in [0.25, 0.3) is 45.0 Å². The number of sulfone groups is 1. The Hall–Kier alpha value is -4.70. The lowest BCUT2D eigenvalue weighted by atomic mass is 9.93. The largest absolute Gasteiger partial charge is 0.586 e. The molecule has 3 heterocycles. The zero-order chi connectivity index (χ0) is 33.8. The number of aryl methyl sites for hydroxylation is 2. The van der Waals surface area contributed by atoms with Gasteiger partial charge in [-0.3, -0.25) is 4.68 Å². The van der Waals surface area contributed by atoms with Gasteiger partial charge in [0.2, 0.25) is 0 Å². The molecule has 5 aromatic rings. The molecule has 0 aliphatic carbocycles. The summed E-state index contributed by atoms with van der Waals surface area (Å²) in [4.78, 5) is 4.20. The highest BCUT2D eigenvalue weighted by Crippen LogP contribution is 2.46. The number of hydrogen-bond donors (Lipinski definition) is 2. The molecule has 3 N–H and O–H groups in total. The Balaban J connectivity index is 1.58. The van der Waals surface area contributed by atoms with Crippen LogP contribution in [0.15, 0.2) is 63.9 Å². The third kappa shape index (κ3) is 6.10. The second-order valence-electron chi connectivity index (χ2n) is 10.9. The summed E-state index contributed by atoms with van der Waals surface area (Å²) < 4.78 is 90.4. The van der Waals surface area contributed by atoms with Crippen molar-refractivity contribution < 1.29 is 45.3 Å². The predicted octanol–water partition coefficient (Wildman–Crippen LogP) is 5.73. The van der Waals surface area contributed by atoms with E-state index in [-0.39, 0.29) is 51.6 Å². The first-order valence-electron chi connectivity index (χ1n) is 14.2. The van der Waals surface area contributed by atoms with Gasteiger partial charge in [-0.15, -0.1) is 8.78 Å². The van der Waals surface area contributed by atoms with Gasteiger partial charge in [-0.2, -0.15) is 5.10 Å². The van der Waals surface area contributed by atoms with Crippen molar-refractivity contribution >= 4 is 9.84 Å². The van der Waals surface area contributed by atoms with Crippen LogP contribution in [-0.2, 0) is 28.2 Å². The van der Waals surface area contributed by atoms with Gasteiger partial charge in [0.15, 0.2) is 33.0 Å². The fourth-order valence-corrected chi connectivity index (χ4v) is 6.42. The van der Waals surface area contributed by atoms with Gasteiger partial charge in [-0.1, -0.05) is 12.1 Å². The van der Waals surface area contributed by atoms with E-state index in [0.29, 0.717) is 33.6 Å². The molecule has 3 aromatic carbocycles. The SMILES string of the molecule is Cc1nc(-c2ccc3c(c2)OC(F)(F)O3)c(-c2cc(-c3cc(F)c(CO)c(S(C)(=O)=O)c3)ccc2-c2cc(C(C)OCN)nn2C)o1. The topological polar surface area (TPSA) is 152 Å². The van der Waals surface area contributed by atoms with Gasteiger partial charge in [-0.05, 0) is 60.5 Å². The second-order valence-corrected chi connectivity index (χ2v) is 12.9. The van der Waals surface area contributed by atoms with E-state index >= 15 is 4.39 Å². The Bertz CT molecular complexity index is 2130. The number of aromatic nitrogens is 3. The lowest BCUT2D eigenvalue weighted by molar-refractivity contribution is -0.286. The smallest absolute Gasteiger partial charge is 0.440 e. The number of rotatable bonds is 9. The van der Waals surface area contributed by atoms with Crippen molar-refractivity contribution in [3.63, 3.8) is 0 Å². The first kappa shape index (κ1) is 32.2. The molecule has 0 amide bonds. The number of ether oxygens (including phenoxy) is 3. The average molecular weight is 671 g/mol. The summed E-state index contributed by atoms with van der Waals surface area (Å²) in [7, 11) is -2.18. The number of oxazole rings is 1. The number of nitrogens with zero attached hydrogens (tertiary/aromatic N) is 3. The van der Waals surface area contributed by atoms with Gasteiger partial charge in [0, 0.05) is 42.5 Å². The maximum atomic E-state index is 15.2. The minimum atomic E-state index is -3.92. The average Bonchev–Trinajstić information content (AvgIpc) is 3.68. The van der Waals surface area contributed by atoms with Crippen LogP contribution in [0.4, 0.5) is 13.2 Å². The highest BCUT2D eigenvalue weighted by Gasteiger charge is 2.43. The van der Waals surface area contributed by atoms with Crippen LogP contribution < -0.4 is 15.2 Å². The molecular formula is C32H29F3N4O7S. The summed E-state index contributed by atoms with van der Waals surface area (Å²) in [5.41, 5.74) is 8.76. The molecule has 1 unspecified atom stereocenters. The quantitative estimate of drug-likeness (QED) is 0.186. The van der Waals surface area contributed by atoms with E-state index in [9.17, 15) is 22.3 Å². The van der Waals surface area contributed by atoms with Crippen molar-refractivity contribution in [1.82, 2.24) is 14.8 Å². The summed E-state index contributed by atoms with van der Waals surface area (Å²) >= 11 is 0. The highest BCUT2D eigenvalue weighted by molar-refractivity contribution is 7.90. The van der Waals surface area contributed by atoms with Crippen LogP contribution in [0.5, 0.6) is 11.5 Å². The normalized spacial score (nSPS) is 14.5. The van der Waals surface area contributed by atoms with Gasteiger partial charge >= 0.3 is 6.29 Å². The van der Waals surface area contributed by atoms with Crippen LogP contribution in [0, 0.1) is 12.7 Å². The Morgan fingerprint density at radius 3 is 2.45 bits per heavy atom. The van der Waals surface area contributed by atoms with E-state index in [2.05, 4.69) is 19.6 Å². The van der Waals surface area contributed by atoms with E-state index in [1.807, 2.05) is 6.07 Å². The van der Waals surface area contributed by atoms with E-state index in [4.69, 9.17) is 14.9 Å². The molecular weight excluding hydrogens is 641 g/mol. The molecule has 0 bridgehead atoms. The number of hydrogen-bond acceptors (Lipinski definition) is 10. The number of benzene rings is 3. The van der Waals surface area contributed by atoms with Gasteiger partial charge in [0.25, 0.3) is 0 Å². The Labute approximate surface area is 267 Å². The highest BCUT2D eigenvalue weighted by atomic mass is 32.2. The Morgan fingerprint density at radius 1 is 1.02 bits per heavy atom. The lowest BCUT2D eigenvalue weighted by Crippen LogP contribution is -2.25. The van der Waals surface area contributed by atoms with Gasteiger partial charge < -0.3 is 29.5 Å². The molecule has 1 aliphatic rings. The molecule has 47 heavy (non-hydrogen) atoms. The van der Waals surface area contributed by atoms with E-state index in [1.165, 1.54) is 24.3 Å². The fraction of sp³-hybridized carbons (Fsp3) is 0.250. The van der Waals surface area contributed by atoms with Crippen LogP contribution >= 0.6 is 0 Å². The molecule has 11 nitrogen and oxygen atoms in total. The van der Waals surface area contributed by atoms with Crippen molar-refractivity contribution in [2.75, 3.05) is 13.0 Å². The Kier molecular flexibility index (Phi) is 8.12. The molecule has 2 aromatic heterocycles. The molecule has 0 saturated heterocycles. The molecule has 15 heteroatoms. The number of aliphatic hydroxyl groups is 1. The predicted molar refractivity (Wildman–Crippen MR) is 163 cm³/mol. The van der Waals surface area contributed by atoms with Crippen molar-refractivity contribution in [2.24, 2.45) is 12.8 Å². The minimum Gasteiger partial charge on any atom is -0.440 e. The second kappa shape index (κ2) is 11.8. The first-order chi connectivity index (χ1) is 22.2. The van der Waals surface area contributed by atoms with E-state index in [0.717, 1.165) is 12.3 Å². The molecule has 0 spiro atoms. The maximum absolute atomic E-state index is 15.2. The standard InChI is InChI=1S/C32H29F3N4O7S/c1-16(43-15-36)25-13-26(39(3)38-25)21-7-5-18(20-10-24(33)23(14-40)29(12-20)47(4,41)42)9-22(21)31-30(37-17(2)44-31)19-6-8-27-28(11-19)46-32(34,35)45-27/h5-13,16,40H,14-15,36H2,1-4H3. The number of nitrogens with two attached hydrogens (primary N) is 1. The Morgan fingerprint density at radius 2 is 1.74 bits per heavy atom. The van der Waals surface area contributed by atoms with Gasteiger partial charge in [-0.25, -0.2) is 17.8 Å². The molecule has 0 radical (unpaired) electrons. The van der Waals surface area contributed by atoms with Crippen molar-refractivity contribution in [2.45, 2.75) is 37.7 Å². The molecule has 1 atom stereocenters. The summed E-state index contributed by atoms with van der Waals surface area (Å²) in [6, 6.07) is 13.5. The minimum absolute atomic E-state index is 0.0176. The lowest BCUT2D eigenvalue weighted by Gasteiger charge is -2.14.